The van der Waals surface area contributed by atoms with Crippen LogP contribution in [0.1, 0.15) is 11.1 Å². The fourth-order valence-electron chi connectivity index (χ4n) is 3.24. The van der Waals surface area contributed by atoms with Crippen LogP contribution in [-0.2, 0) is 11.3 Å². The van der Waals surface area contributed by atoms with Crippen molar-refractivity contribution in [1.29, 1.82) is 0 Å². The van der Waals surface area contributed by atoms with Gasteiger partial charge in [-0.3, -0.25) is 14.2 Å². The number of aryl methyl sites for hydroxylation is 1. The number of benzene rings is 3. The number of hydrogen-bond donors (Lipinski definition) is 1. The van der Waals surface area contributed by atoms with Crippen molar-refractivity contribution in [3.8, 4) is 5.69 Å². The Labute approximate surface area is 189 Å². The highest BCUT2D eigenvalue weighted by Gasteiger charge is 2.15. The van der Waals surface area contributed by atoms with Gasteiger partial charge in [0.2, 0.25) is 5.91 Å². The Balaban J connectivity index is 1.60. The highest BCUT2D eigenvalue weighted by Crippen LogP contribution is 2.23. The number of rotatable bonds is 6. The van der Waals surface area contributed by atoms with Gasteiger partial charge in [0.15, 0.2) is 5.16 Å². The molecule has 0 bridgehead atoms. The summed E-state index contributed by atoms with van der Waals surface area (Å²) in [5.41, 5.74) is 3.20. The minimum atomic E-state index is -0.198. The maximum atomic E-state index is 13.2. The third kappa shape index (κ3) is 4.81. The number of amides is 1. The first-order chi connectivity index (χ1) is 15.0. The van der Waals surface area contributed by atoms with Crippen molar-refractivity contribution in [3.05, 3.63) is 99.3 Å². The van der Waals surface area contributed by atoms with Gasteiger partial charge in [0.05, 0.1) is 22.3 Å². The molecule has 0 radical (unpaired) electrons. The van der Waals surface area contributed by atoms with Gasteiger partial charge < -0.3 is 5.32 Å². The monoisotopic (exact) mass is 449 g/mol. The lowest BCUT2D eigenvalue weighted by Crippen LogP contribution is -2.26. The smallest absolute Gasteiger partial charge is 0.266 e. The fourth-order valence-corrected chi connectivity index (χ4v) is 4.26. The van der Waals surface area contributed by atoms with Gasteiger partial charge in [-0.15, -0.1) is 0 Å². The molecular weight excluding hydrogens is 430 g/mol. The van der Waals surface area contributed by atoms with Crippen molar-refractivity contribution in [2.75, 3.05) is 5.75 Å². The van der Waals surface area contributed by atoms with E-state index < -0.39 is 0 Å². The molecule has 0 fully saturated rings. The molecule has 0 spiro atoms. The minimum absolute atomic E-state index is 0.131. The molecule has 1 N–H and O–H groups in total. The van der Waals surface area contributed by atoms with Crippen LogP contribution in [-0.4, -0.2) is 21.2 Å². The second-order valence-corrected chi connectivity index (χ2v) is 8.40. The molecule has 0 aliphatic heterocycles. The Bertz CT molecular complexity index is 1320. The summed E-state index contributed by atoms with van der Waals surface area (Å²) < 4.78 is 1.51. The highest BCUT2D eigenvalue weighted by atomic mass is 35.5. The maximum absolute atomic E-state index is 13.2. The summed E-state index contributed by atoms with van der Waals surface area (Å²) in [4.78, 5) is 30.4. The second-order valence-electron chi connectivity index (χ2n) is 7.02. The van der Waals surface area contributed by atoms with Crippen molar-refractivity contribution < 1.29 is 4.79 Å². The third-order valence-corrected chi connectivity index (χ3v) is 6.05. The number of thioether (sulfide) groups is 1. The number of halogens is 1. The molecule has 1 amide bonds. The molecule has 0 atom stereocenters. The molecule has 1 aromatic heterocycles. The van der Waals surface area contributed by atoms with E-state index in [0.29, 0.717) is 33.3 Å². The molecule has 0 saturated heterocycles. The van der Waals surface area contributed by atoms with Crippen molar-refractivity contribution in [3.63, 3.8) is 0 Å². The zero-order valence-corrected chi connectivity index (χ0v) is 18.4. The van der Waals surface area contributed by atoms with Gasteiger partial charge in [0.25, 0.3) is 5.56 Å². The minimum Gasteiger partial charge on any atom is -0.351 e. The molecular formula is C24H20ClN3O2S. The average Bonchev–Trinajstić information content (AvgIpc) is 2.77. The van der Waals surface area contributed by atoms with Crippen LogP contribution in [0.3, 0.4) is 0 Å². The zero-order chi connectivity index (χ0) is 21.8. The number of para-hydroxylation sites is 1. The van der Waals surface area contributed by atoms with Crippen LogP contribution < -0.4 is 10.9 Å². The van der Waals surface area contributed by atoms with Crippen LogP contribution in [0.5, 0.6) is 0 Å². The van der Waals surface area contributed by atoms with Gasteiger partial charge in [0.1, 0.15) is 0 Å². The van der Waals surface area contributed by atoms with Gasteiger partial charge in [-0.1, -0.05) is 65.8 Å². The predicted octanol–water partition coefficient (Wildman–Crippen LogP) is 4.76. The van der Waals surface area contributed by atoms with Crippen molar-refractivity contribution in [1.82, 2.24) is 14.9 Å². The van der Waals surface area contributed by atoms with Gasteiger partial charge in [-0.05, 0) is 48.4 Å². The summed E-state index contributed by atoms with van der Waals surface area (Å²) in [5.74, 6) is 0.00494. The van der Waals surface area contributed by atoms with Crippen molar-refractivity contribution >= 4 is 40.2 Å². The lowest BCUT2D eigenvalue weighted by Gasteiger charge is -2.13. The van der Waals surface area contributed by atoms with Gasteiger partial charge in [-0.25, -0.2) is 4.98 Å². The van der Waals surface area contributed by atoms with Crippen LogP contribution >= 0.6 is 23.4 Å². The molecule has 4 aromatic rings. The first-order valence-corrected chi connectivity index (χ1v) is 11.1. The van der Waals surface area contributed by atoms with Gasteiger partial charge in [-0.2, -0.15) is 0 Å². The molecule has 0 aliphatic carbocycles. The topological polar surface area (TPSA) is 64.0 Å². The van der Waals surface area contributed by atoms with Crippen molar-refractivity contribution in [2.24, 2.45) is 0 Å². The molecule has 0 unspecified atom stereocenters. The molecule has 7 heteroatoms. The van der Waals surface area contributed by atoms with E-state index in [0.717, 1.165) is 11.1 Å². The van der Waals surface area contributed by atoms with E-state index in [1.165, 1.54) is 16.3 Å². The van der Waals surface area contributed by atoms with Crippen LogP contribution in [0.4, 0.5) is 0 Å². The average molecular weight is 450 g/mol. The predicted molar refractivity (Wildman–Crippen MR) is 126 cm³/mol. The number of hydrogen-bond acceptors (Lipinski definition) is 4. The number of fused-ring (bicyclic) bond motifs is 1. The Morgan fingerprint density at radius 2 is 1.84 bits per heavy atom. The summed E-state index contributed by atoms with van der Waals surface area (Å²) >= 11 is 7.37. The number of aromatic nitrogens is 2. The zero-order valence-electron chi connectivity index (χ0n) is 16.8. The summed E-state index contributed by atoms with van der Waals surface area (Å²) in [7, 11) is 0. The first kappa shape index (κ1) is 21.2. The van der Waals surface area contributed by atoms with Gasteiger partial charge >= 0.3 is 0 Å². The number of carbonyl (C=O) groups is 1. The maximum Gasteiger partial charge on any atom is 0.266 e. The third-order valence-electron chi connectivity index (χ3n) is 4.88. The Hall–Kier alpha value is -3.09. The van der Waals surface area contributed by atoms with Crippen LogP contribution in [0.2, 0.25) is 5.02 Å². The summed E-state index contributed by atoms with van der Waals surface area (Å²) in [6.07, 6.45) is 0. The van der Waals surface area contributed by atoms with Crippen molar-refractivity contribution in [2.45, 2.75) is 18.6 Å². The Morgan fingerprint density at radius 1 is 1.06 bits per heavy atom. The molecule has 3 aromatic carbocycles. The van der Waals surface area contributed by atoms with Gasteiger partial charge in [0, 0.05) is 11.6 Å². The van der Waals surface area contributed by atoms with E-state index in [9.17, 15) is 9.59 Å². The summed E-state index contributed by atoms with van der Waals surface area (Å²) in [6.45, 7) is 2.47. The van der Waals surface area contributed by atoms with Crippen LogP contribution in [0.15, 0.2) is 82.7 Å². The Kier molecular flexibility index (Phi) is 6.39. The summed E-state index contributed by atoms with van der Waals surface area (Å²) in [5, 5.41) is 4.40. The lowest BCUT2D eigenvalue weighted by molar-refractivity contribution is -0.118. The van der Waals surface area contributed by atoms with E-state index in [4.69, 9.17) is 11.6 Å². The number of nitrogens with one attached hydrogen (secondary N) is 1. The standard InChI is InChI=1S/C24H20ClN3O2S/c1-16-7-2-3-8-17(16)14-26-22(29)15-31-24-27-21-12-5-4-11-20(21)23(30)28(24)19-10-6-9-18(25)13-19/h2-13H,14-15H2,1H3,(H,26,29). The van der Waals surface area contributed by atoms with E-state index >= 15 is 0 Å². The molecule has 1 heterocycles. The van der Waals surface area contributed by atoms with E-state index in [1.54, 1.807) is 42.5 Å². The van der Waals surface area contributed by atoms with Crippen LogP contribution in [0, 0.1) is 6.92 Å². The van der Waals surface area contributed by atoms with E-state index in [-0.39, 0.29) is 17.2 Å². The first-order valence-electron chi connectivity index (χ1n) is 9.74. The van der Waals surface area contributed by atoms with E-state index in [2.05, 4.69) is 10.3 Å². The summed E-state index contributed by atoms with van der Waals surface area (Å²) in [6, 6.07) is 22.1. The molecule has 0 saturated carbocycles. The fraction of sp³-hybridized carbons (Fsp3) is 0.125. The number of carbonyl (C=O) groups excluding carboxylic acids is 1. The largest absolute Gasteiger partial charge is 0.351 e. The van der Waals surface area contributed by atoms with E-state index in [1.807, 2.05) is 37.3 Å². The molecule has 0 aliphatic rings. The normalized spacial score (nSPS) is 10.9. The molecule has 156 valence electrons. The number of nitrogens with zero attached hydrogens (tertiary/aromatic N) is 2. The molecule has 31 heavy (non-hydrogen) atoms. The lowest BCUT2D eigenvalue weighted by atomic mass is 10.1. The quantitative estimate of drug-likeness (QED) is 0.340. The van der Waals surface area contributed by atoms with Crippen LogP contribution in [0.25, 0.3) is 16.6 Å². The SMILES string of the molecule is Cc1ccccc1CNC(=O)CSc1nc2ccccc2c(=O)n1-c1cccc(Cl)c1. The Morgan fingerprint density at radius 3 is 2.65 bits per heavy atom. The second kappa shape index (κ2) is 9.37. The highest BCUT2D eigenvalue weighted by molar-refractivity contribution is 7.99. The molecule has 5 nitrogen and oxygen atoms in total. The molecule has 4 rings (SSSR count).